The third-order valence-corrected chi connectivity index (χ3v) is 15.3. The molecular formula is C51H65N12O7P. The minimum absolute atomic E-state index is 0.106. The molecule has 2 saturated heterocycles. The molecule has 1 aliphatic carbocycles. The van der Waals surface area contributed by atoms with E-state index in [2.05, 4.69) is 84.2 Å². The van der Waals surface area contributed by atoms with Gasteiger partial charge in [0, 0.05) is 98.0 Å². The molecule has 2 amide bonds. The SMILES string of the molecule is C=CC(=O)Nc1cc(Nc2nc(-c3ccnc(N4CCn5c(cc6c5CC(C)(C)C6)C4=O)c3CO)cnc2OC)ccc1N1CCN(C2CCN(c3ccnc(C(C)(C)NP(=O)(O)O)c3)[C@H](C)C2)C[C@@H]1C. The van der Waals surface area contributed by atoms with Crippen LogP contribution in [0.1, 0.15) is 87.4 Å². The van der Waals surface area contributed by atoms with Crippen LogP contribution in [0.4, 0.5) is 34.4 Å². The normalized spacial score (nSPS) is 20.4. The molecule has 4 aromatic heterocycles. The van der Waals surface area contributed by atoms with Crippen LogP contribution in [0.25, 0.3) is 11.3 Å². The van der Waals surface area contributed by atoms with Crippen molar-refractivity contribution >= 4 is 53.9 Å². The summed E-state index contributed by atoms with van der Waals surface area (Å²) in [7, 11) is -2.98. The molecule has 5 aromatic rings. The first-order valence-electron chi connectivity index (χ1n) is 24.2. The van der Waals surface area contributed by atoms with Gasteiger partial charge in [-0.1, -0.05) is 20.4 Å². The summed E-state index contributed by atoms with van der Waals surface area (Å²) in [5.74, 6) is 0.405. The van der Waals surface area contributed by atoms with Crippen molar-refractivity contribution in [1.82, 2.24) is 34.5 Å². The quantitative estimate of drug-likeness (QED) is 0.0525. The fourth-order valence-electron chi connectivity index (χ4n) is 11.1. The molecule has 19 nitrogen and oxygen atoms in total. The number of aromatic nitrogens is 5. The lowest BCUT2D eigenvalue weighted by Crippen LogP contribution is -2.58. The molecule has 3 atom stereocenters. The standard InChI is InChI=1S/C51H65N12O7P/c1-9-45(65)56-39-24-34(10-11-41(39)61-19-18-59(29-32(61)3)35-14-17-60(31(2)22-35)36-12-15-52-44(25-36)51(6,7)58-71(67,68)69)55-46-48(70-8)54-28-40(57-46)37-13-16-53-47(38(37)30-64)63-21-20-62-42(49(63)66)23-33-26-50(4,5)27-43(33)62/h9-13,15-16,23-25,28,31-32,35,64H,1,14,17-22,26-27,29-30H2,2-8H3,(H,55,57)(H,56,65)(H3,58,67,68,69)/t31-,32+,35?/m1/s1. The van der Waals surface area contributed by atoms with Crippen LogP contribution in [0.5, 0.6) is 5.88 Å². The van der Waals surface area contributed by atoms with Crippen molar-refractivity contribution in [1.29, 1.82) is 0 Å². The Labute approximate surface area is 414 Å². The number of benzene rings is 1. The summed E-state index contributed by atoms with van der Waals surface area (Å²) in [4.78, 5) is 73.7. The second-order valence-corrected chi connectivity index (χ2v) is 21.9. The van der Waals surface area contributed by atoms with E-state index in [0.29, 0.717) is 70.4 Å². The summed E-state index contributed by atoms with van der Waals surface area (Å²) >= 11 is 0. The monoisotopic (exact) mass is 988 g/mol. The fourth-order valence-corrected chi connectivity index (χ4v) is 12.0. The lowest BCUT2D eigenvalue weighted by atomic mass is 9.90. The minimum Gasteiger partial charge on any atom is -0.478 e. The largest absolute Gasteiger partial charge is 0.478 e. The zero-order chi connectivity index (χ0) is 50.6. The highest BCUT2D eigenvalue weighted by Crippen LogP contribution is 2.42. The van der Waals surface area contributed by atoms with Gasteiger partial charge in [0.1, 0.15) is 11.5 Å². The summed E-state index contributed by atoms with van der Waals surface area (Å²) in [6.07, 6.45) is 9.87. The van der Waals surface area contributed by atoms with E-state index in [9.17, 15) is 29.0 Å². The average molecular weight is 989 g/mol. The van der Waals surface area contributed by atoms with Crippen molar-refractivity contribution in [2.75, 3.05) is 65.2 Å². The lowest BCUT2D eigenvalue weighted by molar-refractivity contribution is -0.111. The molecule has 0 spiro atoms. The summed E-state index contributed by atoms with van der Waals surface area (Å²) in [5, 5.41) is 19.7. The number of pyridine rings is 2. The zero-order valence-electron chi connectivity index (χ0n) is 41.5. The van der Waals surface area contributed by atoms with Gasteiger partial charge in [0.15, 0.2) is 5.82 Å². The number of anilines is 6. The van der Waals surface area contributed by atoms with Gasteiger partial charge in [-0.3, -0.25) is 24.4 Å². The van der Waals surface area contributed by atoms with Gasteiger partial charge in [-0.2, -0.15) is 0 Å². The van der Waals surface area contributed by atoms with Crippen molar-refractivity contribution in [2.24, 2.45) is 5.41 Å². The van der Waals surface area contributed by atoms with Gasteiger partial charge in [0.2, 0.25) is 5.91 Å². The fraction of sp³-hybridized carbons (Fsp3) is 0.451. The summed E-state index contributed by atoms with van der Waals surface area (Å²) < 4.78 is 19.6. The first-order chi connectivity index (χ1) is 33.8. The number of aliphatic hydroxyl groups excluding tert-OH is 1. The molecule has 7 heterocycles. The van der Waals surface area contributed by atoms with Crippen molar-refractivity contribution < 1.29 is 33.8 Å². The molecule has 376 valence electrons. The Hall–Kier alpha value is -6.21. The first-order valence-corrected chi connectivity index (χ1v) is 25.8. The number of fused-ring (bicyclic) bond motifs is 3. The number of hydrogen-bond donors (Lipinski definition) is 6. The number of amides is 2. The van der Waals surface area contributed by atoms with Gasteiger partial charge in [-0.15, -0.1) is 0 Å². The maximum absolute atomic E-state index is 14.1. The summed E-state index contributed by atoms with van der Waals surface area (Å²) in [6, 6.07) is 14.1. The molecule has 9 rings (SSSR count). The van der Waals surface area contributed by atoms with Crippen LogP contribution in [0, 0.1) is 5.41 Å². The highest BCUT2D eigenvalue weighted by molar-refractivity contribution is 7.49. The third-order valence-electron chi connectivity index (χ3n) is 14.5. The maximum atomic E-state index is 14.1. The van der Waals surface area contributed by atoms with E-state index in [1.807, 2.05) is 36.4 Å². The van der Waals surface area contributed by atoms with E-state index in [1.165, 1.54) is 24.4 Å². The number of carbonyl (C=O) groups is 2. The van der Waals surface area contributed by atoms with Gasteiger partial charge < -0.3 is 44.6 Å². The topological polar surface area (TPSA) is 227 Å². The average Bonchev–Trinajstić information content (AvgIpc) is 3.82. The molecule has 1 aromatic carbocycles. The highest BCUT2D eigenvalue weighted by Gasteiger charge is 2.39. The Balaban J connectivity index is 0.903. The van der Waals surface area contributed by atoms with E-state index < -0.39 is 13.3 Å². The summed E-state index contributed by atoms with van der Waals surface area (Å²) in [5.41, 5.74) is 7.27. The molecule has 0 bridgehead atoms. The lowest BCUT2D eigenvalue weighted by Gasteiger charge is -2.48. The zero-order valence-corrected chi connectivity index (χ0v) is 42.4. The number of carbonyl (C=O) groups excluding carboxylic acids is 2. The maximum Gasteiger partial charge on any atom is 0.401 e. The molecule has 1 unspecified atom stereocenters. The van der Waals surface area contributed by atoms with Crippen LogP contribution in [-0.2, 0) is 40.9 Å². The number of nitrogens with zero attached hydrogens (tertiary/aromatic N) is 9. The Morgan fingerprint density at radius 1 is 0.986 bits per heavy atom. The Morgan fingerprint density at radius 2 is 1.77 bits per heavy atom. The first kappa shape index (κ1) is 49.8. The molecule has 71 heavy (non-hydrogen) atoms. The van der Waals surface area contributed by atoms with E-state index in [1.54, 1.807) is 43.4 Å². The Morgan fingerprint density at radius 3 is 2.49 bits per heavy atom. The number of piperazine rings is 1. The van der Waals surface area contributed by atoms with Crippen molar-refractivity contribution in [3.63, 3.8) is 0 Å². The molecule has 6 N–H and O–H groups in total. The van der Waals surface area contributed by atoms with Gasteiger partial charge >= 0.3 is 7.75 Å². The Kier molecular flexibility index (Phi) is 13.6. The second kappa shape index (κ2) is 19.4. The number of aliphatic hydroxyl groups is 1. The van der Waals surface area contributed by atoms with Gasteiger partial charge in [-0.05, 0) is 113 Å². The molecule has 20 heteroatoms. The highest BCUT2D eigenvalue weighted by atomic mass is 31.2. The molecule has 4 aliphatic rings. The van der Waals surface area contributed by atoms with Crippen LogP contribution >= 0.6 is 7.75 Å². The van der Waals surface area contributed by atoms with Crippen LogP contribution in [-0.4, -0.2) is 114 Å². The molecule has 2 fully saturated rings. The van der Waals surface area contributed by atoms with E-state index in [0.717, 1.165) is 63.2 Å². The number of methoxy groups -OCH3 is 1. The number of ether oxygens (including phenoxy) is 1. The van der Waals surface area contributed by atoms with Gasteiger partial charge in [0.25, 0.3) is 11.8 Å². The van der Waals surface area contributed by atoms with Gasteiger partial charge in [-0.25, -0.2) is 24.6 Å². The molecule has 3 aliphatic heterocycles. The smallest absolute Gasteiger partial charge is 0.401 e. The van der Waals surface area contributed by atoms with Crippen LogP contribution in [0.2, 0.25) is 0 Å². The predicted molar refractivity (Wildman–Crippen MR) is 274 cm³/mol. The number of nitrogens with one attached hydrogen (secondary N) is 3. The van der Waals surface area contributed by atoms with E-state index in [4.69, 9.17) is 9.72 Å². The number of hydrogen-bond acceptors (Lipinski definition) is 13. The summed E-state index contributed by atoms with van der Waals surface area (Å²) in [6.45, 7) is 19.9. The van der Waals surface area contributed by atoms with Gasteiger partial charge in [0.05, 0.1) is 48.2 Å². The Bertz CT molecular complexity index is 2920. The molecular weight excluding hydrogens is 924 g/mol. The molecule has 0 saturated carbocycles. The van der Waals surface area contributed by atoms with Crippen LogP contribution < -0.4 is 35.2 Å². The van der Waals surface area contributed by atoms with E-state index >= 15 is 0 Å². The van der Waals surface area contributed by atoms with Crippen LogP contribution in [0.3, 0.4) is 0 Å². The number of rotatable bonds is 14. The second-order valence-electron chi connectivity index (χ2n) is 20.5. The minimum atomic E-state index is -4.48. The van der Waals surface area contributed by atoms with Crippen molar-refractivity contribution in [3.8, 4) is 17.1 Å². The van der Waals surface area contributed by atoms with E-state index in [-0.39, 0.29) is 41.8 Å². The van der Waals surface area contributed by atoms with Crippen molar-refractivity contribution in [3.05, 3.63) is 102 Å². The molecule has 0 radical (unpaired) electrons. The third kappa shape index (κ3) is 10.2. The number of piperidine rings is 1. The van der Waals surface area contributed by atoms with Crippen LogP contribution in [0.15, 0.2) is 73.7 Å². The predicted octanol–water partition coefficient (Wildman–Crippen LogP) is 6.37. The van der Waals surface area contributed by atoms with Crippen molar-refractivity contribution in [2.45, 2.75) is 104 Å².